The highest BCUT2D eigenvalue weighted by Gasteiger charge is 1.91. The molecular formula is C6H9N3. The first-order valence-corrected chi connectivity index (χ1v) is 2.65. The van der Waals surface area contributed by atoms with Crippen LogP contribution < -0.4 is 11.5 Å². The molecule has 0 amide bonds. The van der Waals surface area contributed by atoms with Crippen LogP contribution in [0.2, 0.25) is 0 Å². The molecule has 0 radical (unpaired) electrons. The fourth-order valence-corrected chi connectivity index (χ4v) is 0.636. The third-order valence-electron chi connectivity index (χ3n) is 1.09. The highest BCUT2D eigenvalue weighted by Crippen LogP contribution is 2.09. The first-order valence-electron chi connectivity index (χ1n) is 2.65. The van der Waals surface area contributed by atoms with Gasteiger partial charge in [0, 0.05) is 18.0 Å². The van der Waals surface area contributed by atoms with Gasteiger partial charge in [-0.2, -0.15) is 0 Å². The summed E-state index contributed by atoms with van der Waals surface area (Å²) in [6.07, 6.45) is 6.71. The van der Waals surface area contributed by atoms with E-state index >= 15 is 0 Å². The number of aromatic nitrogens is 1. The number of nitrogens with two attached hydrogens (primary N) is 2. The van der Waals surface area contributed by atoms with Crippen LogP contribution in [0.3, 0.4) is 0 Å². The van der Waals surface area contributed by atoms with Crippen molar-refractivity contribution in [2.75, 3.05) is 5.73 Å². The zero-order valence-corrected chi connectivity index (χ0v) is 4.96. The largest absolute Gasteiger partial charge is 0.405 e. The van der Waals surface area contributed by atoms with E-state index in [0.29, 0.717) is 0 Å². The van der Waals surface area contributed by atoms with E-state index in [0.717, 1.165) is 11.3 Å². The molecule has 0 aliphatic heterocycles. The molecule has 0 saturated carbocycles. The lowest BCUT2D eigenvalue weighted by Gasteiger charge is -1.85. The first-order chi connectivity index (χ1) is 4.34. The topological polar surface area (TPSA) is 67.8 Å². The SMILES string of the molecule is N/C=C\c1c[nH]cc1N. The summed E-state index contributed by atoms with van der Waals surface area (Å²) < 4.78 is 0. The molecule has 0 aliphatic carbocycles. The molecule has 0 aromatic carbocycles. The first kappa shape index (κ1) is 5.75. The van der Waals surface area contributed by atoms with Gasteiger partial charge in [-0.15, -0.1) is 0 Å². The monoisotopic (exact) mass is 123 g/mol. The summed E-state index contributed by atoms with van der Waals surface area (Å²) in [5, 5.41) is 0. The minimum absolute atomic E-state index is 0.719. The van der Waals surface area contributed by atoms with E-state index in [1.807, 2.05) is 0 Å². The fraction of sp³-hybridized carbons (Fsp3) is 0. The molecule has 0 spiro atoms. The number of nitrogens with one attached hydrogen (secondary N) is 1. The zero-order valence-electron chi connectivity index (χ0n) is 4.96. The van der Waals surface area contributed by atoms with Gasteiger partial charge in [-0.25, -0.2) is 0 Å². The average molecular weight is 123 g/mol. The lowest BCUT2D eigenvalue weighted by atomic mass is 10.3. The highest BCUT2D eigenvalue weighted by atomic mass is 14.7. The van der Waals surface area contributed by atoms with Crippen LogP contribution in [0.1, 0.15) is 5.56 Å². The Labute approximate surface area is 53.4 Å². The van der Waals surface area contributed by atoms with Crippen molar-refractivity contribution in [1.82, 2.24) is 4.98 Å². The van der Waals surface area contributed by atoms with Crippen molar-refractivity contribution in [3.8, 4) is 0 Å². The number of rotatable bonds is 1. The molecule has 48 valence electrons. The van der Waals surface area contributed by atoms with Crippen molar-refractivity contribution in [3.63, 3.8) is 0 Å². The van der Waals surface area contributed by atoms with Gasteiger partial charge in [-0.3, -0.25) is 0 Å². The number of H-pyrrole nitrogens is 1. The Hall–Kier alpha value is -1.38. The standard InChI is InChI=1S/C6H9N3/c7-2-1-5-3-9-4-6(5)8/h1-4,9H,7-8H2/b2-1-. The van der Waals surface area contributed by atoms with Gasteiger partial charge in [0.2, 0.25) is 0 Å². The number of anilines is 1. The Kier molecular flexibility index (Phi) is 1.44. The van der Waals surface area contributed by atoms with Crippen LogP contribution in [0.25, 0.3) is 6.08 Å². The maximum atomic E-state index is 5.49. The molecule has 1 rings (SSSR count). The molecule has 0 atom stereocenters. The molecule has 1 heterocycles. The van der Waals surface area contributed by atoms with Gasteiger partial charge in [-0.05, 0) is 12.3 Å². The van der Waals surface area contributed by atoms with Crippen molar-refractivity contribution in [2.45, 2.75) is 0 Å². The Bertz CT molecular complexity index is 212. The zero-order chi connectivity index (χ0) is 6.69. The number of nitrogen functional groups attached to an aromatic ring is 1. The summed E-state index contributed by atoms with van der Waals surface area (Å²) in [4.78, 5) is 2.85. The van der Waals surface area contributed by atoms with Crippen molar-refractivity contribution in [3.05, 3.63) is 24.2 Å². The maximum Gasteiger partial charge on any atom is 0.0565 e. The second-order valence-corrected chi connectivity index (χ2v) is 1.73. The van der Waals surface area contributed by atoms with Crippen LogP contribution in [-0.2, 0) is 0 Å². The average Bonchev–Trinajstić information content (AvgIpc) is 2.18. The Balaban J connectivity index is 2.94. The summed E-state index contributed by atoms with van der Waals surface area (Å²) in [6.45, 7) is 0. The lowest BCUT2D eigenvalue weighted by molar-refractivity contribution is 1.41. The van der Waals surface area contributed by atoms with Gasteiger partial charge >= 0.3 is 0 Å². The predicted octanol–water partition coefficient (Wildman–Crippen LogP) is 0.526. The molecule has 0 bridgehead atoms. The number of aromatic amines is 1. The van der Waals surface area contributed by atoms with Crippen LogP contribution in [0.4, 0.5) is 5.69 Å². The molecule has 3 nitrogen and oxygen atoms in total. The van der Waals surface area contributed by atoms with Crippen molar-refractivity contribution < 1.29 is 0 Å². The summed E-state index contributed by atoms with van der Waals surface area (Å²) in [6, 6.07) is 0. The van der Waals surface area contributed by atoms with E-state index in [9.17, 15) is 0 Å². The lowest BCUT2D eigenvalue weighted by Crippen LogP contribution is -1.83. The van der Waals surface area contributed by atoms with E-state index in [1.165, 1.54) is 6.20 Å². The molecular weight excluding hydrogens is 114 g/mol. The molecule has 1 aromatic heterocycles. The summed E-state index contributed by atoms with van der Waals surface area (Å²) >= 11 is 0. The van der Waals surface area contributed by atoms with Crippen LogP contribution in [-0.4, -0.2) is 4.98 Å². The van der Waals surface area contributed by atoms with E-state index < -0.39 is 0 Å². The number of hydrogen-bond donors (Lipinski definition) is 3. The predicted molar refractivity (Wildman–Crippen MR) is 38.4 cm³/mol. The van der Waals surface area contributed by atoms with E-state index in [4.69, 9.17) is 11.5 Å². The Morgan fingerprint density at radius 2 is 2.22 bits per heavy atom. The van der Waals surface area contributed by atoms with E-state index in [-0.39, 0.29) is 0 Å². The van der Waals surface area contributed by atoms with Crippen LogP contribution >= 0.6 is 0 Å². The van der Waals surface area contributed by atoms with Gasteiger partial charge < -0.3 is 16.5 Å². The maximum absolute atomic E-state index is 5.49. The second-order valence-electron chi connectivity index (χ2n) is 1.73. The highest BCUT2D eigenvalue weighted by molar-refractivity contribution is 5.62. The minimum Gasteiger partial charge on any atom is -0.405 e. The summed E-state index contributed by atoms with van der Waals surface area (Å²) in [5.74, 6) is 0. The quantitative estimate of drug-likeness (QED) is 0.509. The molecule has 0 saturated heterocycles. The molecule has 3 heteroatoms. The van der Waals surface area contributed by atoms with Crippen LogP contribution in [0.5, 0.6) is 0 Å². The van der Waals surface area contributed by atoms with Gasteiger partial charge in [0.25, 0.3) is 0 Å². The summed E-state index contributed by atoms with van der Waals surface area (Å²) in [5.41, 5.74) is 12.3. The molecule has 0 unspecified atom stereocenters. The van der Waals surface area contributed by atoms with E-state index in [2.05, 4.69) is 4.98 Å². The second kappa shape index (κ2) is 2.26. The normalized spacial score (nSPS) is 10.7. The van der Waals surface area contributed by atoms with Crippen molar-refractivity contribution in [1.29, 1.82) is 0 Å². The van der Waals surface area contributed by atoms with Crippen LogP contribution in [0, 0.1) is 0 Å². The van der Waals surface area contributed by atoms with Crippen molar-refractivity contribution >= 4 is 11.8 Å². The Morgan fingerprint density at radius 1 is 1.44 bits per heavy atom. The fourth-order valence-electron chi connectivity index (χ4n) is 0.636. The van der Waals surface area contributed by atoms with Crippen LogP contribution in [0.15, 0.2) is 18.6 Å². The van der Waals surface area contributed by atoms with E-state index in [1.54, 1.807) is 18.5 Å². The Morgan fingerprint density at radius 3 is 2.67 bits per heavy atom. The van der Waals surface area contributed by atoms with Gasteiger partial charge in [0.1, 0.15) is 0 Å². The van der Waals surface area contributed by atoms with Crippen molar-refractivity contribution in [2.24, 2.45) is 5.73 Å². The molecule has 0 aliphatic rings. The molecule has 9 heavy (non-hydrogen) atoms. The third kappa shape index (κ3) is 1.05. The molecule has 0 fully saturated rings. The summed E-state index contributed by atoms with van der Waals surface area (Å²) in [7, 11) is 0. The van der Waals surface area contributed by atoms with Gasteiger partial charge in [-0.1, -0.05) is 0 Å². The smallest absolute Gasteiger partial charge is 0.0565 e. The molecule has 1 aromatic rings. The third-order valence-corrected chi connectivity index (χ3v) is 1.09. The number of hydrogen-bond acceptors (Lipinski definition) is 2. The molecule has 5 N–H and O–H groups in total. The van der Waals surface area contributed by atoms with Gasteiger partial charge in [0.05, 0.1) is 5.69 Å². The van der Waals surface area contributed by atoms with Gasteiger partial charge in [0.15, 0.2) is 0 Å². The minimum atomic E-state index is 0.719.